The minimum Gasteiger partial charge on any atom is -0.360 e. The van der Waals surface area contributed by atoms with Crippen LogP contribution < -0.4 is 15.8 Å². The highest BCUT2D eigenvalue weighted by atomic mass is 35.5. The lowest BCUT2D eigenvalue weighted by molar-refractivity contribution is -0.145. The molecule has 1 aromatic carbocycles. The first-order valence-corrected chi connectivity index (χ1v) is 15.5. The standard InChI is InChI=1S/C27H34ClN7O5S/c1-3-10-29-27(38)23-16-34(41(39,40)19-4-5-20-21(28)14-30-22(20)13-19)17-26(37)35(23)15-18-8-11-33(12-9-18)24-6-7-25(36)32(2)31-24/h4-7,13-14,18,23,30H,3,8-12,15-17H2,1-2H3,(H,29,38)/t23-/m1/s1. The summed E-state index contributed by atoms with van der Waals surface area (Å²) in [5, 5.41) is 8.36. The molecule has 41 heavy (non-hydrogen) atoms. The second-order valence-electron chi connectivity index (χ2n) is 10.6. The largest absolute Gasteiger partial charge is 0.360 e. The van der Waals surface area contributed by atoms with Crippen LogP contribution in [0.15, 0.2) is 46.2 Å². The molecule has 0 unspecified atom stereocenters. The fourth-order valence-corrected chi connectivity index (χ4v) is 7.08. The Bertz CT molecular complexity index is 1610. The van der Waals surface area contributed by atoms with Crippen molar-refractivity contribution in [1.82, 2.24) is 29.3 Å². The number of aromatic nitrogens is 3. The Morgan fingerprint density at radius 2 is 1.93 bits per heavy atom. The Balaban J connectivity index is 1.31. The van der Waals surface area contributed by atoms with Crippen molar-refractivity contribution in [1.29, 1.82) is 0 Å². The van der Waals surface area contributed by atoms with E-state index in [2.05, 4.69) is 20.3 Å². The predicted molar refractivity (Wildman–Crippen MR) is 155 cm³/mol. The maximum absolute atomic E-state index is 13.6. The first-order chi connectivity index (χ1) is 19.6. The molecule has 0 aliphatic carbocycles. The number of H-pyrrole nitrogens is 1. The summed E-state index contributed by atoms with van der Waals surface area (Å²) in [5.41, 5.74) is 0.391. The summed E-state index contributed by atoms with van der Waals surface area (Å²) < 4.78 is 29.6. The number of sulfonamides is 1. The summed E-state index contributed by atoms with van der Waals surface area (Å²) in [6, 6.07) is 6.85. The van der Waals surface area contributed by atoms with E-state index < -0.39 is 22.0 Å². The molecule has 2 amide bonds. The molecule has 2 saturated heterocycles. The Kier molecular flexibility index (Phi) is 8.39. The average molecular weight is 604 g/mol. The lowest BCUT2D eigenvalue weighted by atomic mass is 9.95. The zero-order chi connectivity index (χ0) is 29.3. The molecule has 3 aromatic rings. The molecule has 5 rings (SSSR count). The van der Waals surface area contributed by atoms with Crippen molar-refractivity contribution in [2.45, 2.75) is 37.1 Å². The van der Waals surface area contributed by atoms with E-state index in [-0.39, 0.29) is 35.4 Å². The van der Waals surface area contributed by atoms with E-state index in [4.69, 9.17) is 11.6 Å². The molecule has 2 aliphatic heterocycles. The quantitative estimate of drug-likeness (QED) is 0.398. The molecule has 12 nitrogen and oxygen atoms in total. The van der Waals surface area contributed by atoms with E-state index in [0.717, 1.165) is 23.0 Å². The molecule has 0 spiro atoms. The first-order valence-electron chi connectivity index (χ1n) is 13.7. The fraction of sp³-hybridized carbons (Fsp3) is 0.481. The number of aryl methyl sites for hydroxylation is 1. The van der Waals surface area contributed by atoms with Crippen molar-refractivity contribution in [3.8, 4) is 0 Å². The average Bonchev–Trinajstić information content (AvgIpc) is 3.34. The van der Waals surface area contributed by atoms with Gasteiger partial charge in [0.05, 0.1) is 16.5 Å². The maximum atomic E-state index is 13.6. The number of nitrogens with one attached hydrogen (secondary N) is 2. The van der Waals surface area contributed by atoms with Crippen molar-refractivity contribution in [3.63, 3.8) is 0 Å². The lowest BCUT2D eigenvalue weighted by Crippen LogP contribution is -2.63. The topological polar surface area (TPSA) is 141 Å². The van der Waals surface area contributed by atoms with E-state index in [0.29, 0.717) is 48.5 Å². The van der Waals surface area contributed by atoms with Crippen LogP contribution in [0.5, 0.6) is 0 Å². The molecule has 4 heterocycles. The zero-order valence-electron chi connectivity index (χ0n) is 23.0. The van der Waals surface area contributed by atoms with Gasteiger partial charge in [0.1, 0.15) is 11.9 Å². The molecule has 2 aromatic heterocycles. The van der Waals surface area contributed by atoms with Gasteiger partial charge in [0.25, 0.3) is 5.56 Å². The van der Waals surface area contributed by atoms with Crippen LogP contribution in [0.1, 0.15) is 26.2 Å². The SMILES string of the molecule is CCCNC(=O)[C@H]1CN(S(=O)(=O)c2ccc3c(Cl)c[nH]c3c2)CC(=O)N1CC1CCN(c2ccc(=O)n(C)n2)CC1. The van der Waals surface area contributed by atoms with Gasteiger partial charge in [-0.15, -0.1) is 0 Å². The van der Waals surface area contributed by atoms with Gasteiger partial charge in [0, 0.05) is 62.9 Å². The van der Waals surface area contributed by atoms with Crippen LogP contribution in [0.25, 0.3) is 10.9 Å². The number of amides is 2. The second-order valence-corrected chi connectivity index (χ2v) is 12.9. The van der Waals surface area contributed by atoms with E-state index in [1.807, 2.05) is 6.92 Å². The van der Waals surface area contributed by atoms with Gasteiger partial charge in [0.15, 0.2) is 0 Å². The number of carbonyl (C=O) groups excluding carboxylic acids is 2. The van der Waals surface area contributed by atoms with E-state index in [1.165, 1.54) is 22.9 Å². The van der Waals surface area contributed by atoms with Gasteiger partial charge in [-0.3, -0.25) is 14.4 Å². The van der Waals surface area contributed by atoms with Gasteiger partial charge in [-0.2, -0.15) is 9.40 Å². The third kappa shape index (κ3) is 5.97. The minimum absolute atomic E-state index is 0.0249. The van der Waals surface area contributed by atoms with Crippen molar-refractivity contribution >= 4 is 50.2 Å². The molecule has 0 saturated carbocycles. The van der Waals surface area contributed by atoms with Crippen LogP contribution >= 0.6 is 11.6 Å². The van der Waals surface area contributed by atoms with Gasteiger partial charge in [0.2, 0.25) is 21.8 Å². The van der Waals surface area contributed by atoms with Crippen LogP contribution in [0.2, 0.25) is 5.02 Å². The van der Waals surface area contributed by atoms with Crippen molar-refractivity contribution in [2.75, 3.05) is 44.2 Å². The maximum Gasteiger partial charge on any atom is 0.266 e. The molecule has 220 valence electrons. The number of piperazine rings is 1. The molecular formula is C27H34ClN7O5S. The molecule has 14 heteroatoms. The molecule has 0 radical (unpaired) electrons. The Hall–Kier alpha value is -3.42. The smallest absolute Gasteiger partial charge is 0.266 e. The summed E-state index contributed by atoms with van der Waals surface area (Å²) >= 11 is 6.15. The first kappa shape index (κ1) is 29.1. The Labute approximate surface area is 243 Å². The number of carbonyl (C=O) groups is 2. The van der Waals surface area contributed by atoms with Crippen LogP contribution in [-0.2, 0) is 26.7 Å². The number of hydrogen-bond acceptors (Lipinski definition) is 7. The normalized spacial score (nSPS) is 19.2. The number of piperidine rings is 1. The summed E-state index contributed by atoms with van der Waals surface area (Å²) in [6.45, 7) is 3.62. The highest BCUT2D eigenvalue weighted by molar-refractivity contribution is 7.89. The number of rotatable bonds is 8. The van der Waals surface area contributed by atoms with Gasteiger partial charge in [-0.1, -0.05) is 18.5 Å². The summed E-state index contributed by atoms with van der Waals surface area (Å²) in [4.78, 5) is 45.1. The number of nitrogens with zero attached hydrogens (tertiary/aromatic N) is 5. The van der Waals surface area contributed by atoms with Crippen LogP contribution in [-0.4, -0.2) is 89.5 Å². The number of hydrogen-bond donors (Lipinski definition) is 2. The molecule has 0 bridgehead atoms. The van der Waals surface area contributed by atoms with E-state index in [1.54, 1.807) is 30.3 Å². The predicted octanol–water partition coefficient (Wildman–Crippen LogP) is 1.56. The van der Waals surface area contributed by atoms with Gasteiger partial charge in [-0.05, 0) is 49.4 Å². The zero-order valence-corrected chi connectivity index (χ0v) is 24.6. The minimum atomic E-state index is -4.06. The van der Waals surface area contributed by atoms with Gasteiger partial charge in [-0.25, -0.2) is 13.1 Å². The third-order valence-electron chi connectivity index (χ3n) is 7.82. The number of aromatic amines is 1. The number of halogens is 1. The molecule has 2 aliphatic rings. The third-order valence-corrected chi connectivity index (χ3v) is 9.94. The molecule has 2 N–H and O–H groups in total. The molecule has 1 atom stereocenters. The summed E-state index contributed by atoms with van der Waals surface area (Å²) in [5.74, 6) is 0.0886. The Morgan fingerprint density at radius 1 is 1.17 bits per heavy atom. The number of anilines is 1. The van der Waals surface area contributed by atoms with Crippen LogP contribution in [0, 0.1) is 5.92 Å². The van der Waals surface area contributed by atoms with Gasteiger partial charge >= 0.3 is 0 Å². The van der Waals surface area contributed by atoms with Crippen LogP contribution in [0.3, 0.4) is 0 Å². The second kappa shape index (κ2) is 11.8. The van der Waals surface area contributed by atoms with E-state index >= 15 is 0 Å². The van der Waals surface area contributed by atoms with Crippen molar-refractivity contribution in [2.24, 2.45) is 13.0 Å². The lowest BCUT2D eigenvalue weighted by Gasteiger charge is -2.42. The Morgan fingerprint density at radius 3 is 2.63 bits per heavy atom. The van der Waals surface area contributed by atoms with E-state index in [9.17, 15) is 22.8 Å². The monoisotopic (exact) mass is 603 g/mol. The van der Waals surface area contributed by atoms with Crippen LogP contribution in [0.4, 0.5) is 5.82 Å². The number of benzene rings is 1. The molecular weight excluding hydrogens is 570 g/mol. The summed E-state index contributed by atoms with van der Waals surface area (Å²) in [6.07, 6.45) is 3.82. The van der Waals surface area contributed by atoms with Crippen molar-refractivity contribution in [3.05, 3.63) is 51.9 Å². The fourth-order valence-electron chi connectivity index (χ4n) is 5.44. The van der Waals surface area contributed by atoms with Crippen molar-refractivity contribution < 1.29 is 18.0 Å². The highest BCUT2D eigenvalue weighted by Crippen LogP contribution is 2.29. The number of fused-ring (bicyclic) bond motifs is 1. The highest BCUT2D eigenvalue weighted by Gasteiger charge is 2.42. The molecule has 2 fully saturated rings. The summed E-state index contributed by atoms with van der Waals surface area (Å²) in [7, 11) is -2.45. The van der Waals surface area contributed by atoms with Gasteiger partial charge < -0.3 is 20.1 Å².